The van der Waals surface area contributed by atoms with E-state index in [4.69, 9.17) is 14.4 Å². The Hall–Kier alpha value is -2.05. The van der Waals surface area contributed by atoms with Crippen molar-refractivity contribution < 1.29 is 24.0 Å². The molecule has 1 heterocycles. The maximum atomic E-state index is 11.9. The number of ether oxygens (including phenoxy) is 1. The Labute approximate surface area is 123 Å². The summed E-state index contributed by atoms with van der Waals surface area (Å²) in [6.45, 7) is 9.28. The van der Waals surface area contributed by atoms with Crippen LogP contribution in [0.25, 0.3) is 0 Å². The van der Waals surface area contributed by atoms with Crippen LogP contribution in [0.5, 0.6) is 0 Å². The fraction of sp³-hybridized carbons (Fsp3) is 0.643. The zero-order chi connectivity index (χ0) is 16.2. The predicted octanol–water partition coefficient (Wildman–Crippen LogP) is 2.98. The first kappa shape index (κ1) is 17.0. The molecule has 0 aliphatic heterocycles. The topological polar surface area (TPSA) is 102 Å². The summed E-state index contributed by atoms with van der Waals surface area (Å²) in [6.07, 6.45) is 0.0122. The van der Waals surface area contributed by atoms with Crippen LogP contribution < -0.4 is 5.32 Å². The molecule has 0 aliphatic carbocycles. The first-order valence-corrected chi connectivity index (χ1v) is 6.78. The second-order valence-electron chi connectivity index (χ2n) is 6.25. The van der Waals surface area contributed by atoms with Crippen LogP contribution in [0.2, 0.25) is 0 Å². The van der Waals surface area contributed by atoms with Gasteiger partial charge in [-0.25, -0.2) is 9.59 Å². The van der Waals surface area contributed by atoms with Crippen LogP contribution in [-0.4, -0.2) is 27.9 Å². The molecule has 1 amide bonds. The monoisotopic (exact) mass is 298 g/mol. The van der Waals surface area contributed by atoms with Crippen LogP contribution in [0.4, 0.5) is 4.79 Å². The highest BCUT2D eigenvalue weighted by atomic mass is 16.6. The first-order chi connectivity index (χ1) is 9.58. The lowest BCUT2D eigenvalue weighted by molar-refractivity contribution is 0.0494. The van der Waals surface area contributed by atoms with Gasteiger partial charge in [0.05, 0.1) is 6.04 Å². The predicted molar refractivity (Wildman–Crippen MR) is 75.0 cm³/mol. The number of carbonyl (C=O) groups excluding carboxylic acids is 1. The third-order valence-electron chi connectivity index (χ3n) is 2.49. The van der Waals surface area contributed by atoms with E-state index in [1.807, 2.05) is 13.8 Å². The number of carboxylic acids is 1. The van der Waals surface area contributed by atoms with Gasteiger partial charge in [-0.1, -0.05) is 19.0 Å². The first-order valence-electron chi connectivity index (χ1n) is 6.78. The summed E-state index contributed by atoms with van der Waals surface area (Å²) >= 11 is 0. The van der Waals surface area contributed by atoms with Gasteiger partial charge < -0.3 is 19.7 Å². The van der Waals surface area contributed by atoms with E-state index in [2.05, 4.69) is 10.5 Å². The van der Waals surface area contributed by atoms with E-state index < -0.39 is 23.7 Å². The number of nitrogens with zero attached hydrogens (tertiary/aromatic N) is 1. The molecule has 0 saturated heterocycles. The molecular formula is C14H22N2O5. The van der Waals surface area contributed by atoms with Crippen molar-refractivity contribution in [3.63, 3.8) is 0 Å². The Kier molecular flexibility index (Phi) is 5.34. The van der Waals surface area contributed by atoms with E-state index in [9.17, 15) is 9.59 Å². The molecule has 1 aromatic rings. The standard InChI is InChI=1S/C14H22N2O5/c1-8(2)6-9(15-13(19)20-14(3,4)5)10-7-11(12(17)18)21-16-10/h7-9H,6H2,1-5H3,(H,15,19)(H,17,18). The van der Waals surface area contributed by atoms with Crippen molar-refractivity contribution >= 4 is 12.1 Å². The van der Waals surface area contributed by atoms with Crippen molar-refractivity contribution in [2.24, 2.45) is 5.92 Å². The number of aromatic nitrogens is 1. The number of hydrogen-bond donors (Lipinski definition) is 2. The Morgan fingerprint density at radius 2 is 2.05 bits per heavy atom. The summed E-state index contributed by atoms with van der Waals surface area (Å²) in [7, 11) is 0. The van der Waals surface area contributed by atoms with E-state index in [0.717, 1.165) is 0 Å². The van der Waals surface area contributed by atoms with Crippen molar-refractivity contribution in [2.45, 2.75) is 52.7 Å². The van der Waals surface area contributed by atoms with Gasteiger partial charge in [-0.15, -0.1) is 0 Å². The highest BCUT2D eigenvalue weighted by molar-refractivity contribution is 5.84. The Balaban J connectivity index is 2.84. The third-order valence-corrected chi connectivity index (χ3v) is 2.49. The minimum Gasteiger partial charge on any atom is -0.475 e. The molecule has 7 heteroatoms. The van der Waals surface area contributed by atoms with E-state index >= 15 is 0 Å². The van der Waals surface area contributed by atoms with Crippen molar-refractivity contribution in [3.8, 4) is 0 Å². The van der Waals surface area contributed by atoms with Gasteiger partial charge in [0.1, 0.15) is 11.3 Å². The van der Waals surface area contributed by atoms with Gasteiger partial charge in [0.25, 0.3) is 0 Å². The van der Waals surface area contributed by atoms with E-state index in [1.165, 1.54) is 6.07 Å². The van der Waals surface area contributed by atoms with Gasteiger partial charge in [-0.05, 0) is 33.1 Å². The summed E-state index contributed by atoms with van der Waals surface area (Å²) in [6, 6.07) is 0.851. The quantitative estimate of drug-likeness (QED) is 0.866. The van der Waals surface area contributed by atoms with Crippen LogP contribution in [0.15, 0.2) is 10.6 Å². The molecule has 7 nitrogen and oxygen atoms in total. The van der Waals surface area contributed by atoms with Gasteiger partial charge in [-0.2, -0.15) is 0 Å². The number of aromatic carboxylic acids is 1. The molecule has 0 aromatic carbocycles. The Morgan fingerprint density at radius 1 is 1.43 bits per heavy atom. The average Bonchev–Trinajstić information content (AvgIpc) is 2.73. The van der Waals surface area contributed by atoms with Crippen molar-refractivity contribution in [1.29, 1.82) is 0 Å². The molecule has 118 valence electrons. The summed E-state index contributed by atoms with van der Waals surface area (Å²) in [5.41, 5.74) is -0.241. The Bertz CT molecular complexity index is 502. The summed E-state index contributed by atoms with van der Waals surface area (Å²) in [5.74, 6) is -1.19. The van der Waals surface area contributed by atoms with Crippen LogP contribution in [0.3, 0.4) is 0 Å². The van der Waals surface area contributed by atoms with Crippen molar-refractivity contribution in [3.05, 3.63) is 17.5 Å². The number of alkyl carbamates (subject to hydrolysis) is 1. The molecule has 0 saturated carbocycles. The van der Waals surface area contributed by atoms with Crippen molar-refractivity contribution in [2.75, 3.05) is 0 Å². The molecule has 0 fully saturated rings. The summed E-state index contributed by atoms with van der Waals surface area (Å²) < 4.78 is 9.93. The molecule has 1 atom stereocenters. The molecular weight excluding hydrogens is 276 g/mol. The molecule has 1 unspecified atom stereocenters. The molecule has 2 N–H and O–H groups in total. The summed E-state index contributed by atoms with van der Waals surface area (Å²) in [4.78, 5) is 22.7. The van der Waals surface area contributed by atoms with Crippen LogP contribution in [0.1, 0.15) is 63.3 Å². The lowest BCUT2D eigenvalue weighted by Crippen LogP contribution is -2.35. The molecule has 0 radical (unpaired) electrons. The smallest absolute Gasteiger partial charge is 0.408 e. The molecule has 0 bridgehead atoms. The molecule has 1 rings (SSSR count). The van der Waals surface area contributed by atoms with E-state index in [-0.39, 0.29) is 11.7 Å². The highest BCUT2D eigenvalue weighted by Gasteiger charge is 2.24. The van der Waals surface area contributed by atoms with Gasteiger partial charge in [0.15, 0.2) is 0 Å². The normalized spacial score (nSPS) is 13.0. The van der Waals surface area contributed by atoms with Crippen LogP contribution in [0, 0.1) is 5.92 Å². The van der Waals surface area contributed by atoms with Gasteiger partial charge in [0.2, 0.25) is 5.76 Å². The zero-order valence-corrected chi connectivity index (χ0v) is 13.0. The second kappa shape index (κ2) is 6.60. The lowest BCUT2D eigenvalue weighted by atomic mass is 10.0. The number of nitrogens with one attached hydrogen (secondary N) is 1. The molecule has 0 aliphatic rings. The number of rotatable bonds is 5. The largest absolute Gasteiger partial charge is 0.475 e. The highest BCUT2D eigenvalue weighted by Crippen LogP contribution is 2.22. The average molecular weight is 298 g/mol. The zero-order valence-electron chi connectivity index (χ0n) is 13.0. The van der Waals surface area contributed by atoms with E-state index in [0.29, 0.717) is 12.1 Å². The van der Waals surface area contributed by atoms with Crippen molar-refractivity contribution in [1.82, 2.24) is 10.5 Å². The third kappa shape index (κ3) is 5.85. The SMILES string of the molecule is CC(C)CC(NC(=O)OC(C)(C)C)c1cc(C(=O)O)on1. The molecule has 21 heavy (non-hydrogen) atoms. The lowest BCUT2D eigenvalue weighted by Gasteiger charge is -2.23. The Morgan fingerprint density at radius 3 is 2.48 bits per heavy atom. The fourth-order valence-corrected chi connectivity index (χ4v) is 1.73. The van der Waals surface area contributed by atoms with Gasteiger partial charge in [-0.3, -0.25) is 0 Å². The van der Waals surface area contributed by atoms with Crippen LogP contribution >= 0.6 is 0 Å². The number of carboxylic acid groups (broad SMARTS) is 1. The number of carbonyl (C=O) groups is 2. The number of hydrogen-bond acceptors (Lipinski definition) is 5. The molecule has 0 spiro atoms. The summed E-state index contributed by atoms with van der Waals surface area (Å²) in [5, 5.41) is 15.3. The van der Waals surface area contributed by atoms with E-state index in [1.54, 1.807) is 20.8 Å². The minimum absolute atomic E-state index is 0.259. The second-order valence-corrected chi connectivity index (χ2v) is 6.25. The van der Waals surface area contributed by atoms with Gasteiger partial charge in [0, 0.05) is 6.07 Å². The van der Waals surface area contributed by atoms with Crippen LogP contribution in [-0.2, 0) is 4.74 Å². The molecule has 1 aromatic heterocycles. The van der Waals surface area contributed by atoms with Gasteiger partial charge >= 0.3 is 12.1 Å². The minimum atomic E-state index is -1.20. The number of amides is 1. The fourth-order valence-electron chi connectivity index (χ4n) is 1.73. The maximum absolute atomic E-state index is 11.9. The maximum Gasteiger partial charge on any atom is 0.408 e.